The molecule has 0 radical (unpaired) electrons. The lowest BCUT2D eigenvalue weighted by Crippen LogP contribution is -2.13. The molecule has 0 unspecified atom stereocenters. The van der Waals surface area contributed by atoms with E-state index in [1.807, 2.05) is 0 Å². The molecule has 2 aromatic heterocycles. The van der Waals surface area contributed by atoms with Crippen LogP contribution >= 0.6 is 11.6 Å². The van der Waals surface area contributed by atoms with E-state index in [4.69, 9.17) is 17.3 Å². The zero-order valence-electron chi connectivity index (χ0n) is 9.12. The Bertz CT molecular complexity index is 564. The number of rotatable bonds is 2. The molecule has 2 heterocycles. The number of aromatic amines is 1. The number of halogens is 1. The molecule has 0 aromatic carbocycles. The topological polar surface area (TPSA) is 83.8 Å². The van der Waals surface area contributed by atoms with E-state index >= 15 is 0 Å². The summed E-state index contributed by atoms with van der Waals surface area (Å²) in [5, 5.41) is 3.11. The number of H-pyrrole nitrogens is 1. The second-order valence-electron chi connectivity index (χ2n) is 3.57. The normalized spacial score (nSPS) is 10.2. The molecule has 0 aliphatic rings. The summed E-state index contributed by atoms with van der Waals surface area (Å²) in [7, 11) is 0. The number of nitrogens with zero attached hydrogens (tertiary/aromatic N) is 1. The highest BCUT2D eigenvalue weighted by molar-refractivity contribution is 6.29. The average Bonchev–Trinajstić information content (AvgIpc) is 2.69. The van der Waals surface area contributed by atoms with Crippen molar-refractivity contribution in [2.45, 2.75) is 6.92 Å². The Hall–Kier alpha value is -2.01. The van der Waals surface area contributed by atoms with Crippen molar-refractivity contribution in [3.05, 3.63) is 40.9 Å². The van der Waals surface area contributed by atoms with Crippen LogP contribution in [0.1, 0.15) is 16.2 Å². The lowest BCUT2D eigenvalue weighted by Gasteiger charge is -2.06. The van der Waals surface area contributed by atoms with Crippen LogP contribution in [-0.4, -0.2) is 15.9 Å². The minimum Gasteiger partial charge on any atom is -0.397 e. The van der Waals surface area contributed by atoms with Gasteiger partial charge in [0.15, 0.2) is 0 Å². The van der Waals surface area contributed by atoms with E-state index in [1.165, 1.54) is 0 Å². The third kappa shape index (κ3) is 2.57. The molecule has 2 aromatic rings. The highest BCUT2D eigenvalue weighted by Crippen LogP contribution is 2.16. The van der Waals surface area contributed by atoms with Gasteiger partial charge >= 0.3 is 0 Å². The van der Waals surface area contributed by atoms with E-state index in [0.717, 1.165) is 0 Å². The lowest BCUT2D eigenvalue weighted by molar-refractivity contribution is 0.102. The largest absolute Gasteiger partial charge is 0.397 e. The first kappa shape index (κ1) is 11.5. The van der Waals surface area contributed by atoms with Crippen molar-refractivity contribution < 1.29 is 4.79 Å². The summed E-state index contributed by atoms with van der Waals surface area (Å²) in [6.07, 6.45) is 1.56. The first-order valence-corrected chi connectivity index (χ1v) is 5.32. The van der Waals surface area contributed by atoms with Crippen LogP contribution in [-0.2, 0) is 0 Å². The number of aromatic nitrogens is 2. The number of nitrogens with one attached hydrogen (secondary N) is 2. The summed E-state index contributed by atoms with van der Waals surface area (Å²) in [4.78, 5) is 18.6. The SMILES string of the molecule is Cc1nc(Cl)ccc1NC(=O)c1cc(N)c[nH]1. The predicted molar refractivity (Wildman–Crippen MR) is 67.1 cm³/mol. The number of hydrogen-bond donors (Lipinski definition) is 3. The van der Waals surface area contributed by atoms with Crippen molar-refractivity contribution in [3.8, 4) is 0 Å². The van der Waals surface area contributed by atoms with Crippen molar-refractivity contribution in [3.63, 3.8) is 0 Å². The Balaban J connectivity index is 2.18. The number of carbonyl (C=O) groups excluding carboxylic acids is 1. The fraction of sp³-hybridized carbons (Fsp3) is 0.0909. The molecule has 2 rings (SSSR count). The van der Waals surface area contributed by atoms with Gasteiger partial charge < -0.3 is 16.0 Å². The number of pyridine rings is 1. The number of nitrogen functional groups attached to an aromatic ring is 1. The van der Waals surface area contributed by atoms with Gasteiger partial charge in [0.05, 0.1) is 11.4 Å². The molecule has 6 heteroatoms. The summed E-state index contributed by atoms with van der Waals surface area (Å²) in [6.45, 7) is 1.77. The molecule has 0 spiro atoms. The van der Waals surface area contributed by atoms with E-state index in [9.17, 15) is 4.79 Å². The van der Waals surface area contributed by atoms with Crippen LogP contribution in [0.25, 0.3) is 0 Å². The summed E-state index contributed by atoms with van der Waals surface area (Å²) in [6, 6.07) is 4.89. The van der Waals surface area contributed by atoms with Crippen LogP contribution in [0.3, 0.4) is 0 Å². The molecule has 0 saturated heterocycles. The summed E-state index contributed by atoms with van der Waals surface area (Å²) < 4.78 is 0. The van der Waals surface area contributed by atoms with Gasteiger partial charge in [0.1, 0.15) is 10.8 Å². The van der Waals surface area contributed by atoms with E-state index in [2.05, 4.69) is 15.3 Å². The molecule has 5 nitrogen and oxygen atoms in total. The van der Waals surface area contributed by atoms with Crippen molar-refractivity contribution in [1.29, 1.82) is 0 Å². The fourth-order valence-electron chi connectivity index (χ4n) is 1.39. The number of amides is 1. The standard InChI is InChI=1S/C11H11ClN4O/c1-6-8(2-3-10(12)15-6)16-11(17)9-4-7(13)5-14-9/h2-5,14H,13H2,1H3,(H,16,17). The minimum atomic E-state index is -0.270. The van der Waals surface area contributed by atoms with Gasteiger partial charge in [-0.05, 0) is 25.1 Å². The van der Waals surface area contributed by atoms with Gasteiger partial charge in [-0.2, -0.15) is 0 Å². The Kier molecular flexibility index (Phi) is 3.01. The molecule has 0 bridgehead atoms. The number of nitrogens with two attached hydrogens (primary N) is 1. The summed E-state index contributed by atoms with van der Waals surface area (Å²) in [5.74, 6) is -0.270. The summed E-state index contributed by atoms with van der Waals surface area (Å²) >= 11 is 5.73. The fourth-order valence-corrected chi connectivity index (χ4v) is 1.58. The second kappa shape index (κ2) is 4.47. The number of anilines is 2. The van der Waals surface area contributed by atoms with Crippen LogP contribution in [0.5, 0.6) is 0 Å². The quantitative estimate of drug-likeness (QED) is 0.715. The van der Waals surface area contributed by atoms with Gasteiger partial charge in [-0.25, -0.2) is 4.98 Å². The molecule has 0 aliphatic heterocycles. The maximum Gasteiger partial charge on any atom is 0.272 e. The smallest absolute Gasteiger partial charge is 0.272 e. The van der Waals surface area contributed by atoms with Gasteiger partial charge in [-0.3, -0.25) is 4.79 Å². The van der Waals surface area contributed by atoms with Crippen LogP contribution in [0, 0.1) is 6.92 Å². The molecule has 88 valence electrons. The average molecular weight is 251 g/mol. The van der Waals surface area contributed by atoms with E-state index in [1.54, 1.807) is 31.3 Å². The maximum absolute atomic E-state index is 11.8. The Morgan fingerprint density at radius 2 is 2.29 bits per heavy atom. The number of hydrogen-bond acceptors (Lipinski definition) is 3. The third-order valence-electron chi connectivity index (χ3n) is 2.25. The molecular formula is C11H11ClN4O. The monoisotopic (exact) mass is 250 g/mol. The Morgan fingerprint density at radius 1 is 1.53 bits per heavy atom. The molecule has 0 saturated carbocycles. The van der Waals surface area contributed by atoms with Gasteiger partial charge in [-0.15, -0.1) is 0 Å². The van der Waals surface area contributed by atoms with E-state index in [-0.39, 0.29) is 5.91 Å². The highest BCUT2D eigenvalue weighted by Gasteiger charge is 2.10. The van der Waals surface area contributed by atoms with E-state index < -0.39 is 0 Å². The van der Waals surface area contributed by atoms with Gasteiger partial charge in [0, 0.05) is 11.9 Å². The number of carbonyl (C=O) groups is 1. The third-order valence-corrected chi connectivity index (χ3v) is 2.46. The summed E-state index contributed by atoms with van der Waals surface area (Å²) in [5.41, 5.74) is 7.71. The molecular weight excluding hydrogens is 240 g/mol. The Morgan fingerprint density at radius 3 is 2.88 bits per heavy atom. The van der Waals surface area contributed by atoms with Crippen LogP contribution < -0.4 is 11.1 Å². The van der Waals surface area contributed by atoms with Gasteiger partial charge in [0.2, 0.25) is 0 Å². The zero-order chi connectivity index (χ0) is 12.4. The van der Waals surface area contributed by atoms with Crippen molar-refractivity contribution in [2.24, 2.45) is 0 Å². The van der Waals surface area contributed by atoms with Crippen LogP contribution in [0.15, 0.2) is 24.4 Å². The van der Waals surface area contributed by atoms with E-state index in [0.29, 0.717) is 27.9 Å². The maximum atomic E-state index is 11.8. The second-order valence-corrected chi connectivity index (χ2v) is 3.96. The van der Waals surface area contributed by atoms with Crippen LogP contribution in [0.2, 0.25) is 5.15 Å². The molecule has 0 aliphatic carbocycles. The highest BCUT2D eigenvalue weighted by atomic mass is 35.5. The molecule has 4 N–H and O–H groups in total. The van der Waals surface area contributed by atoms with Crippen molar-refractivity contribution >= 4 is 28.9 Å². The Labute approximate surface area is 103 Å². The van der Waals surface area contributed by atoms with Gasteiger partial charge in [-0.1, -0.05) is 11.6 Å². The molecule has 17 heavy (non-hydrogen) atoms. The first-order chi connectivity index (χ1) is 8.06. The van der Waals surface area contributed by atoms with Crippen LogP contribution in [0.4, 0.5) is 11.4 Å². The predicted octanol–water partition coefficient (Wildman–Crippen LogP) is 2.21. The van der Waals surface area contributed by atoms with Crippen molar-refractivity contribution in [1.82, 2.24) is 9.97 Å². The van der Waals surface area contributed by atoms with Crippen molar-refractivity contribution in [2.75, 3.05) is 11.1 Å². The molecule has 0 atom stereocenters. The van der Waals surface area contributed by atoms with Gasteiger partial charge in [0.25, 0.3) is 5.91 Å². The minimum absolute atomic E-state index is 0.270. The first-order valence-electron chi connectivity index (χ1n) is 4.94. The number of aryl methyl sites for hydroxylation is 1. The lowest BCUT2D eigenvalue weighted by atomic mass is 10.3. The zero-order valence-corrected chi connectivity index (χ0v) is 9.88. The molecule has 1 amide bonds. The molecule has 0 fully saturated rings.